The number of likely N-dealkylation sites (tertiary alicyclic amines) is 1. The van der Waals surface area contributed by atoms with Crippen molar-refractivity contribution in [2.75, 3.05) is 19.6 Å². The Morgan fingerprint density at radius 1 is 1.43 bits per heavy atom. The van der Waals surface area contributed by atoms with Crippen molar-refractivity contribution >= 4 is 17.5 Å². The van der Waals surface area contributed by atoms with Gasteiger partial charge < -0.3 is 10.2 Å². The molecule has 0 aliphatic carbocycles. The molecule has 1 aliphatic heterocycles. The van der Waals surface area contributed by atoms with Crippen LogP contribution in [-0.4, -0.2) is 30.4 Å². The average Bonchev–Trinajstić information content (AvgIpc) is 2.36. The van der Waals surface area contributed by atoms with E-state index in [4.69, 9.17) is 11.6 Å². The van der Waals surface area contributed by atoms with Crippen LogP contribution >= 0.6 is 11.6 Å². The van der Waals surface area contributed by atoms with Crippen molar-refractivity contribution in [1.82, 2.24) is 10.2 Å². The predicted molar refractivity (Wildman–Crippen MR) is 87.6 cm³/mol. The van der Waals surface area contributed by atoms with Gasteiger partial charge in [-0.1, -0.05) is 36.7 Å². The molecule has 1 aromatic rings. The van der Waals surface area contributed by atoms with Crippen LogP contribution in [-0.2, 0) is 10.3 Å². The summed E-state index contributed by atoms with van der Waals surface area (Å²) in [5.41, 5.74) is 1.53. The number of amides is 1. The maximum absolute atomic E-state index is 12.4. The Bertz CT molecular complexity index is 524. The van der Waals surface area contributed by atoms with E-state index in [1.54, 1.807) is 0 Å². The van der Waals surface area contributed by atoms with E-state index in [0.29, 0.717) is 0 Å². The summed E-state index contributed by atoms with van der Waals surface area (Å²) in [6, 6.07) is 5.94. The van der Waals surface area contributed by atoms with Gasteiger partial charge in [-0.05, 0) is 51.4 Å². The van der Waals surface area contributed by atoms with Crippen molar-refractivity contribution in [1.29, 1.82) is 0 Å². The van der Waals surface area contributed by atoms with Crippen LogP contribution in [0.4, 0.5) is 0 Å². The number of hydrogen-bond acceptors (Lipinski definition) is 2. The van der Waals surface area contributed by atoms with Gasteiger partial charge in [0.25, 0.3) is 0 Å². The second-order valence-corrected chi connectivity index (χ2v) is 6.98. The average molecular weight is 309 g/mol. The zero-order valence-electron chi connectivity index (χ0n) is 13.4. The van der Waals surface area contributed by atoms with E-state index in [1.165, 1.54) is 6.42 Å². The van der Waals surface area contributed by atoms with Gasteiger partial charge in [-0.25, -0.2) is 0 Å². The molecule has 0 radical (unpaired) electrons. The van der Waals surface area contributed by atoms with E-state index < -0.39 is 5.54 Å². The molecule has 1 saturated heterocycles. The molecule has 4 heteroatoms. The molecule has 0 bridgehead atoms. The largest absolute Gasteiger partial charge is 0.347 e. The minimum atomic E-state index is -0.469. The Morgan fingerprint density at radius 2 is 2.10 bits per heavy atom. The highest BCUT2D eigenvalue weighted by atomic mass is 35.5. The number of carbonyl (C=O) groups is 1. The molecule has 1 heterocycles. The van der Waals surface area contributed by atoms with Gasteiger partial charge in [-0.2, -0.15) is 0 Å². The summed E-state index contributed by atoms with van der Waals surface area (Å²) in [6.45, 7) is 11.0. The molecular weight excluding hydrogens is 284 g/mol. The lowest BCUT2D eigenvalue weighted by molar-refractivity contribution is -0.127. The van der Waals surface area contributed by atoms with Gasteiger partial charge in [-0.15, -0.1) is 0 Å². The van der Waals surface area contributed by atoms with Gasteiger partial charge in [0.05, 0.1) is 5.54 Å². The van der Waals surface area contributed by atoms with E-state index in [-0.39, 0.29) is 11.8 Å². The molecule has 1 N–H and O–H groups in total. The molecule has 0 spiro atoms. The highest BCUT2D eigenvalue weighted by Crippen LogP contribution is 2.30. The van der Waals surface area contributed by atoms with Gasteiger partial charge in [-0.3, -0.25) is 4.79 Å². The molecule has 0 saturated carbocycles. The fraction of sp³-hybridized carbons (Fsp3) is 0.588. The summed E-state index contributed by atoms with van der Waals surface area (Å²) in [5.74, 6) is 0.0811. The molecule has 3 nitrogen and oxygen atoms in total. The molecule has 21 heavy (non-hydrogen) atoms. The number of halogens is 1. The first-order valence-corrected chi connectivity index (χ1v) is 7.99. The Morgan fingerprint density at radius 3 is 2.67 bits per heavy atom. The summed E-state index contributed by atoms with van der Waals surface area (Å²) in [5, 5.41) is 3.88. The SMILES string of the molecule is Cc1cccc(C(C)(C)NC(=O)C(C)CN2CCC2)c1Cl. The normalized spacial score (nSPS) is 17.2. The van der Waals surface area contributed by atoms with Gasteiger partial charge >= 0.3 is 0 Å². The van der Waals surface area contributed by atoms with Crippen LogP contribution in [0.15, 0.2) is 18.2 Å². The summed E-state index contributed by atoms with van der Waals surface area (Å²) in [7, 11) is 0. The van der Waals surface area contributed by atoms with Crippen molar-refractivity contribution in [3.8, 4) is 0 Å². The maximum Gasteiger partial charge on any atom is 0.224 e. The monoisotopic (exact) mass is 308 g/mol. The van der Waals surface area contributed by atoms with E-state index in [0.717, 1.165) is 35.8 Å². The lowest BCUT2D eigenvalue weighted by Crippen LogP contribution is -2.48. The number of aryl methyl sites for hydroxylation is 1. The maximum atomic E-state index is 12.4. The molecule has 1 amide bonds. The number of rotatable bonds is 5. The summed E-state index contributed by atoms with van der Waals surface area (Å²) >= 11 is 6.40. The summed E-state index contributed by atoms with van der Waals surface area (Å²) in [4.78, 5) is 14.7. The van der Waals surface area contributed by atoms with Crippen molar-refractivity contribution in [2.45, 2.75) is 39.7 Å². The molecule has 116 valence electrons. The number of carbonyl (C=O) groups excluding carboxylic acids is 1. The Labute approximate surface area is 132 Å². The van der Waals surface area contributed by atoms with Gasteiger partial charge in [0, 0.05) is 17.5 Å². The smallest absolute Gasteiger partial charge is 0.224 e. The van der Waals surface area contributed by atoms with E-state index >= 15 is 0 Å². The molecular formula is C17H25ClN2O. The highest BCUT2D eigenvalue weighted by Gasteiger charge is 2.29. The van der Waals surface area contributed by atoms with Crippen LogP contribution in [0.1, 0.15) is 38.3 Å². The fourth-order valence-electron chi connectivity index (χ4n) is 2.66. The molecule has 1 aliphatic rings. The molecule has 1 atom stereocenters. The number of hydrogen-bond donors (Lipinski definition) is 1. The van der Waals surface area contributed by atoms with Crippen LogP contribution in [0.3, 0.4) is 0 Å². The van der Waals surface area contributed by atoms with E-state index in [2.05, 4.69) is 10.2 Å². The Balaban J connectivity index is 2.05. The predicted octanol–water partition coefficient (Wildman–Crippen LogP) is 3.34. The van der Waals surface area contributed by atoms with Crippen LogP contribution in [0.5, 0.6) is 0 Å². The van der Waals surface area contributed by atoms with Crippen molar-refractivity contribution in [3.63, 3.8) is 0 Å². The highest BCUT2D eigenvalue weighted by molar-refractivity contribution is 6.32. The standard InChI is InChI=1S/C17H25ClN2O/c1-12-7-5-8-14(15(12)18)17(3,4)19-16(21)13(2)11-20-9-6-10-20/h5,7-8,13H,6,9-11H2,1-4H3,(H,19,21). The minimum absolute atomic E-state index is 0.00633. The third-order valence-electron chi connectivity index (χ3n) is 4.23. The zero-order valence-corrected chi connectivity index (χ0v) is 14.1. The van der Waals surface area contributed by atoms with Gasteiger partial charge in [0.15, 0.2) is 0 Å². The molecule has 1 aromatic carbocycles. The first kappa shape index (κ1) is 16.3. The summed E-state index contributed by atoms with van der Waals surface area (Å²) < 4.78 is 0. The fourth-order valence-corrected chi connectivity index (χ4v) is 3.03. The van der Waals surface area contributed by atoms with E-state index in [9.17, 15) is 4.79 Å². The topological polar surface area (TPSA) is 32.3 Å². The number of nitrogens with one attached hydrogen (secondary N) is 1. The lowest BCUT2D eigenvalue weighted by atomic mass is 9.92. The van der Waals surface area contributed by atoms with Crippen LogP contribution in [0.25, 0.3) is 0 Å². The van der Waals surface area contributed by atoms with Gasteiger partial charge in [0.1, 0.15) is 0 Å². The Kier molecular flexibility index (Phi) is 4.95. The molecule has 1 fully saturated rings. The van der Waals surface area contributed by atoms with Crippen molar-refractivity contribution in [2.24, 2.45) is 5.92 Å². The Hall–Kier alpha value is -1.06. The van der Waals surface area contributed by atoms with Crippen molar-refractivity contribution < 1.29 is 4.79 Å². The third-order valence-corrected chi connectivity index (χ3v) is 4.73. The second-order valence-electron chi connectivity index (χ2n) is 6.61. The van der Waals surface area contributed by atoms with Crippen LogP contribution < -0.4 is 5.32 Å². The molecule has 2 rings (SSSR count). The van der Waals surface area contributed by atoms with E-state index in [1.807, 2.05) is 45.9 Å². The first-order valence-electron chi connectivity index (χ1n) is 7.61. The second kappa shape index (κ2) is 6.37. The number of benzene rings is 1. The number of nitrogens with zero attached hydrogens (tertiary/aromatic N) is 1. The third kappa shape index (κ3) is 3.78. The lowest BCUT2D eigenvalue weighted by Gasteiger charge is -2.34. The zero-order chi connectivity index (χ0) is 15.6. The minimum Gasteiger partial charge on any atom is -0.347 e. The van der Waals surface area contributed by atoms with Gasteiger partial charge in [0.2, 0.25) is 5.91 Å². The molecule has 1 unspecified atom stereocenters. The van der Waals surface area contributed by atoms with Crippen LogP contribution in [0, 0.1) is 12.8 Å². The quantitative estimate of drug-likeness (QED) is 0.905. The molecule has 0 aromatic heterocycles. The summed E-state index contributed by atoms with van der Waals surface area (Å²) in [6.07, 6.45) is 1.25. The first-order chi connectivity index (χ1) is 9.81. The van der Waals surface area contributed by atoms with Crippen LogP contribution in [0.2, 0.25) is 5.02 Å². The van der Waals surface area contributed by atoms with Crippen molar-refractivity contribution in [3.05, 3.63) is 34.3 Å².